The van der Waals surface area contributed by atoms with E-state index >= 15 is 0 Å². The third-order valence-electron chi connectivity index (χ3n) is 3.18. The Morgan fingerprint density at radius 3 is 2.39 bits per heavy atom. The van der Waals surface area contributed by atoms with Crippen molar-refractivity contribution in [1.82, 2.24) is 10.6 Å². The highest BCUT2D eigenvalue weighted by Crippen LogP contribution is 2.05. The number of carbonyl (C=O) groups is 2. The van der Waals surface area contributed by atoms with Crippen LogP contribution in [0.15, 0.2) is 54.6 Å². The highest BCUT2D eigenvalue weighted by Gasteiger charge is 2.09. The van der Waals surface area contributed by atoms with Gasteiger partial charge in [-0.05, 0) is 30.7 Å². The van der Waals surface area contributed by atoms with Gasteiger partial charge >= 0.3 is 0 Å². The first-order valence-corrected chi connectivity index (χ1v) is 7.31. The van der Waals surface area contributed by atoms with Gasteiger partial charge in [0, 0.05) is 11.1 Å². The summed E-state index contributed by atoms with van der Waals surface area (Å²) in [7, 11) is 0. The molecule has 0 aliphatic heterocycles. The molecule has 0 fully saturated rings. The molecule has 0 spiro atoms. The van der Waals surface area contributed by atoms with E-state index in [1.54, 1.807) is 12.1 Å². The fourth-order valence-corrected chi connectivity index (χ4v) is 1.96. The van der Waals surface area contributed by atoms with Crippen LogP contribution in [-0.2, 0) is 4.79 Å². The second-order valence-corrected chi connectivity index (χ2v) is 4.94. The number of hydrogen-bond donors (Lipinski definition) is 2. The number of carbonyl (C=O) groups excluding carboxylic acids is 2. The highest BCUT2D eigenvalue weighted by atomic mass is 16.2. The molecule has 0 aliphatic carbocycles. The molecule has 2 aromatic rings. The average Bonchev–Trinajstić information content (AvgIpc) is 2.58. The Morgan fingerprint density at radius 2 is 1.65 bits per heavy atom. The first-order chi connectivity index (χ1) is 11.2. The van der Waals surface area contributed by atoms with Crippen LogP contribution in [0.25, 0.3) is 0 Å². The van der Waals surface area contributed by atoms with Crippen molar-refractivity contribution in [2.75, 3.05) is 13.1 Å². The molecule has 0 radical (unpaired) electrons. The van der Waals surface area contributed by atoms with Crippen molar-refractivity contribution in [3.63, 3.8) is 0 Å². The van der Waals surface area contributed by atoms with Crippen LogP contribution in [-0.4, -0.2) is 24.9 Å². The lowest BCUT2D eigenvalue weighted by atomic mass is 10.1. The Hall–Kier alpha value is -3.06. The van der Waals surface area contributed by atoms with Gasteiger partial charge in [0.15, 0.2) is 0 Å². The fourth-order valence-electron chi connectivity index (χ4n) is 1.96. The molecule has 2 N–H and O–H groups in total. The van der Waals surface area contributed by atoms with Crippen molar-refractivity contribution in [2.24, 2.45) is 0 Å². The molecule has 0 unspecified atom stereocenters. The summed E-state index contributed by atoms with van der Waals surface area (Å²) in [5, 5.41) is 5.25. The van der Waals surface area contributed by atoms with E-state index in [1.807, 2.05) is 49.4 Å². The summed E-state index contributed by atoms with van der Waals surface area (Å²) >= 11 is 0. The van der Waals surface area contributed by atoms with Crippen LogP contribution in [0.1, 0.15) is 21.5 Å². The van der Waals surface area contributed by atoms with Gasteiger partial charge in [-0.1, -0.05) is 48.2 Å². The van der Waals surface area contributed by atoms with Gasteiger partial charge in [0.1, 0.15) is 0 Å². The molecule has 0 saturated carbocycles. The average molecular weight is 306 g/mol. The third-order valence-corrected chi connectivity index (χ3v) is 3.18. The Morgan fingerprint density at radius 1 is 0.957 bits per heavy atom. The summed E-state index contributed by atoms with van der Waals surface area (Å²) in [6.45, 7) is 2.03. The Kier molecular flexibility index (Phi) is 5.96. The first kappa shape index (κ1) is 16.3. The molecule has 0 saturated heterocycles. The predicted octanol–water partition coefficient (Wildman–Crippen LogP) is 1.89. The van der Waals surface area contributed by atoms with Gasteiger partial charge in [0.2, 0.25) is 5.91 Å². The minimum Gasteiger partial charge on any atom is -0.344 e. The summed E-state index contributed by atoms with van der Waals surface area (Å²) in [4.78, 5) is 23.6. The van der Waals surface area contributed by atoms with Gasteiger partial charge in [-0.25, -0.2) is 0 Å². The van der Waals surface area contributed by atoms with E-state index in [-0.39, 0.29) is 24.9 Å². The van der Waals surface area contributed by atoms with Crippen molar-refractivity contribution >= 4 is 11.8 Å². The largest absolute Gasteiger partial charge is 0.344 e. The van der Waals surface area contributed by atoms with E-state index in [1.165, 1.54) is 0 Å². The number of benzene rings is 2. The molecule has 0 aliphatic rings. The smallest absolute Gasteiger partial charge is 0.251 e. The van der Waals surface area contributed by atoms with E-state index in [4.69, 9.17) is 0 Å². The topological polar surface area (TPSA) is 58.2 Å². The van der Waals surface area contributed by atoms with Crippen LogP contribution in [0.4, 0.5) is 0 Å². The molecule has 0 aromatic heterocycles. The summed E-state index contributed by atoms with van der Waals surface area (Å²) in [6, 6.07) is 16.8. The van der Waals surface area contributed by atoms with Crippen LogP contribution in [0.3, 0.4) is 0 Å². The van der Waals surface area contributed by atoms with Crippen LogP contribution in [0, 0.1) is 18.8 Å². The lowest BCUT2D eigenvalue weighted by molar-refractivity contribution is -0.119. The second-order valence-electron chi connectivity index (χ2n) is 4.94. The predicted molar refractivity (Wildman–Crippen MR) is 89.8 cm³/mol. The molecule has 2 rings (SSSR count). The Balaban J connectivity index is 1.75. The van der Waals surface area contributed by atoms with Crippen molar-refractivity contribution in [2.45, 2.75) is 6.92 Å². The monoisotopic (exact) mass is 306 g/mol. The molecule has 2 aromatic carbocycles. The van der Waals surface area contributed by atoms with Crippen molar-refractivity contribution in [3.8, 4) is 11.8 Å². The van der Waals surface area contributed by atoms with Gasteiger partial charge in [0.05, 0.1) is 13.1 Å². The molecule has 0 heterocycles. The van der Waals surface area contributed by atoms with Crippen LogP contribution < -0.4 is 10.6 Å². The number of aryl methyl sites for hydroxylation is 1. The van der Waals surface area contributed by atoms with Gasteiger partial charge in [-0.2, -0.15) is 0 Å². The van der Waals surface area contributed by atoms with Crippen molar-refractivity contribution in [3.05, 3.63) is 71.3 Å². The fraction of sp³-hybridized carbons (Fsp3) is 0.158. The Labute approximate surface area is 135 Å². The molecule has 116 valence electrons. The summed E-state index contributed by atoms with van der Waals surface area (Å²) in [5.74, 6) is 5.29. The lowest BCUT2D eigenvalue weighted by Crippen LogP contribution is -2.37. The summed E-state index contributed by atoms with van der Waals surface area (Å²) < 4.78 is 0. The van der Waals surface area contributed by atoms with Crippen LogP contribution in [0.2, 0.25) is 0 Å². The van der Waals surface area contributed by atoms with E-state index < -0.39 is 0 Å². The van der Waals surface area contributed by atoms with E-state index in [0.717, 1.165) is 11.1 Å². The molecule has 2 amide bonds. The number of nitrogens with one attached hydrogen (secondary N) is 2. The molecular formula is C19H18N2O2. The SMILES string of the molecule is Cc1ccccc1C(=O)NCC(=O)NCC#Cc1ccccc1. The molecule has 4 nitrogen and oxygen atoms in total. The maximum Gasteiger partial charge on any atom is 0.251 e. The Bertz CT molecular complexity index is 743. The molecular weight excluding hydrogens is 288 g/mol. The maximum atomic E-state index is 12.0. The van der Waals surface area contributed by atoms with Crippen LogP contribution in [0.5, 0.6) is 0 Å². The zero-order valence-electron chi connectivity index (χ0n) is 12.9. The lowest BCUT2D eigenvalue weighted by Gasteiger charge is -2.07. The zero-order chi connectivity index (χ0) is 16.5. The summed E-state index contributed by atoms with van der Waals surface area (Å²) in [5.41, 5.74) is 2.35. The van der Waals surface area contributed by atoms with Gasteiger partial charge in [0.25, 0.3) is 5.91 Å². The quantitative estimate of drug-likeness (QED) is 0.848. The van der Waals surface area contributed by atoms with Gasteiger partial charge < -0.3 is 10.6 Å². The third kappa shape index (κ3) is 5.33. The summed E-state index contributed by atoms with van der Waals surface area (Å²) in [6.07, 6.45) is 0. The second kappa shape index (κ2) is 8.40. The maximum absolute atomic E-state index is 12.0. The molecule has 23 heavy (non-hydrogen) atoms. The minimum atomic E-state index is -0.269. The molecule has 0 atom stereocenters. The van der Waals surface area contributed by atoms with Gasteiger partial charge in [-0.15, -0.1) is 0 Å². The number of rotatable bonds is 4. The normalized spacial score (nSPS) is 9.43. The van der Waals surface area contributed by atoms with E-state index in [2.05, 4.69) is 22.5 Å². The number of hydrogen-bond acceptors (Lipinski definition) is 2. The zero-order valence-corrected chi connectivity index (χ0v) is 12.9. The molecule has 0 bridgehead atoms. The standard InChI is InChI=1S/C19H18N2O2/c1-15-8-5-6-12-17(15)19(23)21-14-18(22)20-13-7-11-16-9-3-2-4-10-16/h2-6,8-10,12H,13-14H2,1H3,(H,20,22)(H,21,23). The van der Waals surface area contributed by atoms with E-state index in [0.29, 0.717) is 5.56 Å². The van der Waals surface area contributed by atoms with Crippen molar-refractivity contribution in [1.29, 1.82) is 0 Å². The first-order valence-electron chi connectivity index (χ1n) is 7.31. The van der Waals surface area contributed by atoms with E-state index in [9.17, 15) is 9.59 Å². The minimum absolute atomic E-state index is 0.0693. The highest BCUT2D eigenvalue weighted by molar-refractivity contribution is 5.97. The van der Waals surface area contributed by atoms with Crippen LogP contribution >= 0.6 is 0 Å². The molecule has 4 heteroatoms. The van der Waals surface area contributed by atoms with Gasteiger partial charge in [-0.3, -0.25) is 9.59 Å². The van der Waals surface area contributed by atoms with Crippen molar-refractivity contribution < 1.29 is 9.59 Å². The number of amides is 2.